The Kier molecular flexibility index (Phi) is 5.63. The normalized spacial score (nSPS) is 18.9. The molecule has 0 aliphatic heterocycles. The van der Waals surface area contributed by atoms with Crippen LogP contribution in [0.3, 0.4) is 0 Å². The summed E-state index contributed by atoms with van der Waals surface area (Å²) in [7, 11) is 0. The number of aliphatic hydroxyl groups is 1. The van der Waals surface area contributed by atoms with Gasteiger partial charge >= 0.3 is 0 Å². The van der Waals surface area contributed by atoms with E-state index in [-0.39, 0.29) is 5.41 Å². The van der Waals surface area contributed by atoms with E-state index in [1.54, 1.807) is 12.4 Å². The molecule has 2 rings (SSSR count). The highest BCUT2D eigenvalue weighted by Gasteiger charge is 2.41. The molecule has 0 amide bonds. The number of hydrogen-bond donors (Lipinski definition) is 1. The molecule has 1 unspecified atom stereocenters. The summed E-state index contributed by atoms with van der Waals surface area (Å²) in [4.78, 5) is 4.26. The molecule has 1 aromatic rings. The van der Waals surface area contributed by atoms with Gasteiger partial charge in [-0.25, -0.2) is 0 Å². The van der Waals surface area contributed by atoms with Crippen LogP contribution in [0.25, 0.3) is 0 Å². The predicted octanol–water partition coefficient (Wildman–Crippen LogP) is 4.51. The minimum absolute atomic E-state index is 0.0270. The molecule has 0 radical (unpaired) electrons. The zero-order valence-electron chi connectivity index (χ0n) is 13.6. The first-order valence-electron chi connectivity index (χ1n) is 8.33. The molecular formula is C18H29NO2. The van der Waals surface area contributed by atoms with Gasteiger partial charge in [0.15, 0.2) is 0 Å². The summed E-state index contributed by atoms with van der Waals surface area (Å²) < 4.78 is 5.65. The SMILES string of the molecule is CCCOc1cncc(C(O)C2(CC(C)C)CCCC2)c1. The van der Waals surface area contributed by atoms with Gasteiger partial charge in [-0.15, -0.1) is 0 Å². The first-order valence-corrected chi connectivity index (χ1v) is 8.33. The number of aromatic nitrogens is 1. The molecule has 1 N–H and O–H groups in total. The lowest BCUT2D eigenvalue weighted by Crippen LogP contribution is -2.28. The monoisotopic (exact) mass is 291 g/mol. The maximum Gasteiger partial charge on any atom is 0.137 e. The fourth-order valence-electron chi connectivity index (χ4n) is 3.72. The first kappa shape index (κ1) is 16.3. The minimum atomic E-state index is -0.430. The van der Waals surface area contributed by atoms with E-state index < -0.39 is 6.10 Å². The van der Waals surface area contributed by atoms with Gasteiger partial charge in [-0.3, -0.25) is 4.98 Å². The van der Waals surface area contributed by atoms with E-state index in [9.17, 15) is 5.11 Å². The molecule has 1 heterocycles. The minimum Gasteiger partial charge on any atom is -0.492 e. The summed E-state index contributed by atoms with van der Waals surface area (Å²) in [5.41, 5.74) is 0.935. The average molecular weight is 291 g/mol. The van der Waals surface area contributed by atoms with Gasteiger partial charge in [0.25, 0.3) is 0 Å². The zero-order chi connectivity index (χ0) is 15.3. The van der Waals surface area contributed by atoms with E-state index in [0.717, 1.165) is 37.0 Å². The highest BCUT2D eigenvalue weighted by molar-refractivity contribution is 5.26. The molecule has 1 saturated carbocycles. The van der Waals surface area contributed by atoms with Crippen molar-refractivity contribution in [3.8, 4) is 5.75 Å². The highest BCUT2D eigenvalue weighted by Crippen LogP contribution is 2.51. The van der Waals surface area contributed by atoms with E-state index in [0.29, 0.717) is 12.5 Å². The quantitative estimate of drug-likeness (QED) is 0.803. The van der Waals surface area contributed by atoms with Crippen molar-refractivity contribution in [3.63, 3.8) is 0 Å². The van der Waals surface area contributed by atoms with Gasteiger partial charge in [0.2, 0.25) is 0 Å². The number of rotatable bonds is 7. The molecule has 3 nitrogen and oxygen atoms in total. The Hall–Kier alpha value is -1.09. The van der Waals surface area contributed by atoms with Crippen molar-refractivity contribution in [2.24, 2.45) is 11.3 Å². The lowest BCUT2D eigenvalue weighted by molar-refractivity contribution is 0.0108. The molecule has 1 fully saturated rings. The van der Waals surface area contributed by atoms with E-state index in [1.165, 1.54) is 12.8 Å². The topological polar surface area (TPSA) is 42.4 Å². The number of nitrogens with zero attached hydrogens (tertiary/aromatic N) is 1. The van der Waals surface area contributed by atoms with Gasteiger partial charge in [-0.05, 0) is 37.7 Å². The van der Waals surface area contributed by atoms with E-state index in [2.05, 4.69) is 25.8 Å². The van der Waals surface area contributed by atoms with Gasteiger partial charge in [-0.1, -0.05) is 33.6 Å². The Labute approximate surface area is 128 Å². The van der Waals surface area contributed by atoms with Crippen LogP contribution in [-0.4, -0.2) is 16.7 Å². The summed E-state index contributed by atoms with van der Waals surface area (Å²) in [6.45, 7) is 7.26. The standard InChI is InChI=1S/C18H29NO2/c1-4-9-21-16-10-15(12-19-13-16)17(20)18(11-14(2)3)7-5-6-8-18/h10,12-14,17,20H,4-9,11H2,1-3H3. The summed E-state index contributed by atoms with van der Waals surface area (Å²) in [5, 5.41) is 11.0. The third-order valence-corrected chi connectivity index (χ3v) is 4.52. The van der Waals surface area contributed by atoms with Gasteiger partial charge < -0.3 is 9.84 Å². The van der Waals surface area contributed by atoms with Crippen LogP contribution < -0.4 is 4.74 Å². The zero-order valence-corrected chi connectivity index (χ0v) is 13.6. The number of ether oxygens (including phenoxy) is 1. The Morgan fingerprint density at radius 1 is 1.29 bits per heavy atom. The summed E-state index contributed by atoms with van der Waals surface area (Å²) in [5.74, 6) is 1.37. The molecule has 21 heavy (non-hydrogen) atoms. The van der Waals surface area contributed by atoms with Crippen LogP contribution in [0.15, 0.2) is 18.5 Å². The van der Waals surface area contributed by atoms with Crippen LogP contribution in [0.1, 0.15) is 71.0 Å². The van der Waals surface area contributed by atoms with E-state index >= 15 is 0 Å². The molecule has 1 aromatic heterocycles. The highest BCUT2D eigenvalue weighted by atomic mass is 16.5. The number of pyridine rings is 1. The Morgan fingerprint density at radius 3 is 2.62 bits per heavy atom. The lowest BCUT2D eigenvalue weighted by atomic mass is 9.72. The predicted molar refractivity (Wildman–Crippen MR) is 85.3 cm³/mol. The van der Waals surface area contributed by atoms with Crippen molar-refractivity contribution in [1.82, 2.24) is 4.98 Å². The molecule has 3 heteroatoms. The summed E-state index contributed by atoms with van der Waals surface area (Å²) in [6.07, 6.45) is 9.84. The first-order chi connectivity index (χ1) is 10.1. The molecule has 0 saturated heterocycles. The van der Waals surface area contributed by atoms with Crippen LogP contribution in [0.5, 0.6) is 5.75 Å². The van der Waals surface area contributed by atoms with Gasteiger partial charge in [0.1, 0.15) is 5.75 Å². The van der Waals surface area contributed by atoms with Crippen molar-refractivity contribution in [1.29, 1.82) is 0 Å². The fraction of sp³-hybridized carbons (Fsp3) is 0.722. The van der Waals surface area contributed by atoms with E-state index in [1.807, 2.05) is 6.07 Å². The molecule has 0 bridgehead atoms. The number of hydrogen-bond acceptors (Lipinski definition) is 3. The second-order valence-electron chi connectivity index (χ2n) is 6.87. The second kappa shape index (κ2) is 7.26. The third kappa shape index (κ3) is 3.97. The van der Waals surface area contributed by atoms with Gasteiger partial charge in [0.05, 0.1) is 18.9 Å². The lowest BCUT2D eigenvalue weighted by Gasteiger charge is -2.36. The molecule has 1 atom stereocenters. The van der Waals surface area contributed by atoms with Crippen LogP contribution in [0, 0.1) is 11.3 Å². The Bertz CT molecular complexity index is 439. The van der Waals surface area contributed by atoms with Crippen molar-refractivity contribution in [2.75, 3.05) is 6.61 Å². The Balaban J connectivity index is 2.18. The maximum atomic E-state index is 11.0. The summed E-state index contributed by atoms with van der Waals surface area (Å²) in [6, 6.07) is 1.97. The van der Waals surface area contributed by atoms with Crippen LogP contribution in [0.4, 0.5) is 0 Å². The fourth-order valence-corrected chi connectivity index (χ4v) is 3.72. The third-order valence-electron chi connectivity index (χ3n) is 4.52. The molecule has 1 aliphatic carbocycles. The van der Waals surface area contributed by atoms with Crippen LogP contribution >= 0.6 is 0 Å². The maximum absolute atomic E-state index is 11.0. The Morgan fingerprint density at radius 2 is 2.00 bits per heavy atom. The van der Waals surface area contributed by atoms with Crippen molar-refractivity contribution in [2.45, 2.75) is 65.4 Å². The molecule has 118 valence electrons. The molecule has 1 aliphatic rings. The van der Waals surface area contributed by atoms with Crippen molar-refractivity contribution >= 4 is 0 Å². The van der Waals surface area contributed by atoms with Crippen molar-refractivity contribution < 1.29 is 9.84 Å². The molecular weight excluding hydrogens is 262 g/mol. The summed E-state index contributed by atoms with van der Waals surface area (Å²) >= 11 is 0. The van der Waals surface area contributed by atoms with E-state index in [4.69, 9.17) is 4.74 Å². The smallest absolute Gasteiger partial charge is 0.137 e. The average Bonchev–Trinajstić information content (AvgIpc) is 2.93. The molecule has 0 aromatic carbocycles. The van der Waals surface area contributed by atoms with Gasteiger partial charge in [-0.2, -0.15) is 0 Å². The van der Waals surface area contributed by atoms with Crippen LogP contribution in [0.2, 0.25) is 0 Å². The van der Waals surface area contributed by atoms with Crippen LogP contribution in [-0.2, 0) is 0 Å². The molecule has 0 spiro atoms. The number of aliphatic hydroxyl groups excluding tert-OH is 1. The second-order valence-corrected chi connectivity index (χ2v) is 6.87. The van der Waals surface area contributed by atoms with Gasteiger partial charge in [0, 0.05) is 17.2 Å². The largest absolute Gasteiger partial charge is 0.492 e. The van der Waals surface area contributed by atoms with Crippen molar-refractivity contribution in [3.05, 3.63) is 24.0 Å².